The number of nitrogens with one attached hydrogen (secondary N) is 2. The number of benzene rings is 1. The molecule has 0 radical (unpaired) electrons. The van der Waals surface area contributed by atoms with Gasteiger partial charge in [-0.1, -0.05) is 6.07 Å². The number of aromatic nitrogens is 2. The van der Waals surface area contributed by atoms with E-state index in [-0.39, 0.29) is 5.91 Å². The van der Waals surface area contributed by atoms with Gasteiger partial charge in [0.2, 0.25) is 0 Å². The Hall–Kier alpha value is -2.50. The first-order valence-electron chi connectivity index (χ1n) is 6.46. The van der Waals surface area contributed by atoms with E-state index >= 15 is 0 Å². The molecule has 0 aliphatic carbocycles. The van der Waals surface area contributed by atoms with E-state index in [9.17, 15) is 4.79 Å². The molecule has 2 N–H and O–H groups in total. The molecule has 0 atom stereocenters. The van der Waals surface area contributed by atoms with Crippen molar-refractivity contribution in [3.05, 3.63) is 35.7 Å². The lowest BCUT2D eigenvalue weighted by molar-refractivity contribution is 0.102. The van der Waals surface area contributed by atoms with Gasteiger partial charge in [-0.25, -0.2) is 0 Å². The highest BCUT2D eigenvalue weighted by Gasteiger charge is 2.19. The van der Waals surface area contributed by atoms with Crippen LogP contribution in [0.5, 0.6) is 5.75 Å². The Bertz CT molecular complexity index is 663. The zero-order chi connectivity index (χ0) is 14.1. The summed E-state index contributed by atoms with van der Waals surface area (Å²) in [5.74, 6) is 0.416. The van der Waals surface area contributed by atoms with Crippen LogP contribution in [0.1, 0.15) is 16.1 Å². The van der Waals surface area contributed by atoms with Gasteiger partial charge in [0.15, 0.2) is 5.75 Å². The van der Waals surface area contributed by atoms with Crippen LogP contribution in [0.4, 0.5) is 11.4 Å². The Morgan fingerprint density at radius 1 is 1.50 bits per heavy atom. The molecule has 104 valence electrons. The third kappa shape index (κ3) is 2.20. The minimum absolute atomic E-state index is 0.193. The van der Waals surface area contributed by atoms with E-state index in [0.29, 0.717) is 23.6 Å². The quantitative estimate of drug-likeness (QED) is 0.874. The molecule has 0 spiro atoms. The number of anilines is 2. The van der Waals surface area contributed by atoms with E-state index in [1.807, 2.05) is 26.1 Å². The molecule has 1 aromatic carbocycles. The van der Waals surface area contributed by atoms with Gasteiger partial charge < -0.3 is 15.4 Å². The largest absolute Gasteiger partial charge is 0.489 e. The zero-order valence-corrected chi connectivity index (χ0v) is 11.4. The molecular formula is C14H16N4O2. The Kier molecular flexibility index (Phi) is 3.06. The van der Waals surface area contributed by atoms with Crippen molar-refractivity contribution >= 4 is 17.3 Å². The van der Waals surface area contributed by atoms with Crippen LogP contribution in [0.3, 0.4) is 0 Å². The fraction of sp³-hybridized carbons (Fsp3) is 0.286. The number of fused-ring (bicyclic) bond motifs is 1. The first-order valence-corrected chi connectivity index (χ1v) is 6.46. The van der Waals surface area contributed by atoms with Crippen LogP contribution in [0.2, 0.25) is 0 Å². The molecule has 1 amide bonds. The lowest BCUT2D eigenvalue weighted by Gasteiger charge is -2.21. The van der Waals surface area contributed by atoms with E-state index < -0.39 is 0 Å². The van der Waals surface area contributed by atoms with Crippen molar-refractivity contribution in [2.75, 3.05) is 23.8 Å². The molecule has 0 unspecified atom stereocenters. The number of carbonyl (C=O) groups is 1. The Morgan fingerprint density at radius 3 is 3.10 bits per heavy atom. The number of para-hydroxylation sites is 1. The van der Waals surface area contributed by atoms with Crippen LogP contribution in [0, 0.1) is 6.92 Å². The highest BCUT2D eigenvalue weighted by molar-refractivity contribution is 6.07. The summed E-state index contributed by atoms with van der Waals surface area (Å²) >= 11 is 0. The number of nitrogens with zero attached hydrogens (tertiary/aromatic N) is 2. The molecule has 20 heavy (non-hydrogen) atoms. The second kappa shape index (κ2) is 4.88. The summed E-state index contributed by atoms with van der Waals surface area (Å²) < 4.78 is 7.27. The standard InChI is InChI=1S/C14H16N4O2/c1-9-12(8-18(2)17-9)16-14(19)10-4-3-5-11-13(10)20-7-6-15-11/h3-5,8,15H,6-7H2,1-2H3,(H,16,19). The zero-order valence-electron chi connectivity index (χ0n) is 11.4. The van der Waals surface area contributed by atoms with Gasteiger partial charge in [0.25, 0.3) is 5.91 Å². The van der Waals surface area contributed by atoms with Gasteiger partial charge in [0.05, 0.1) is 22.6 Å². The van der Waals surface area contributed by atoms with Crippen molar-refractivity contribution in [1.29, 1.82) is 0 Å². The van der Waals surface area contributed by atoms with E-state index in [1.165, 1.54) is 0 Å². The van der Waals surface area contributed by atoms with Crippen molar-refractivity contribution in [2.45, 2.75) is 6.92 Å². The molecule has 1 aromatic heterocycles. The Labute approximate surface area is 116 Å². The maximum absolute atomic E-state index is 12.4. The van der Waals surface area contributed by atoms with E-state index in [2.05, 4.69) is 15.7 Å². The average molecular weight is 272 g/mol. The monoisotopic (exact) mass is 272 g/mol. The molecule has 1 aliphatic heterocycles. The third-order valence-electron chi connectivity index (χ3n) is 3.19. The maximum Gasteiger partial charge on any atom is 0.259 e. The molecular weight excluding hydrogens is 256 g/mol. The lowest BCUT2D eigenvalue weighted by atomic mass is 10.1. The third-order valence-corrected chi connectivity index (χ3v) is 3.19. The number of rotatable bonds is 2. The summed E-state index contributed by atoms with van der Waals surface area (Å²) in [7, 11) is 1.82. The predicted octanol–water partition coefficient (Wildman–Crippen LogP) is 1.79. The van der Waals surface area contributed by atoms with Crippen molar-refractivity contribution in [3.8, 4) is 5.75 Å². The fourth-order valence-electron chi connectivity index (χ4n) is 2.26. The molecule has 0 saturated carbocycles. The summed E-state index contributed by atoms with van der Waals surface area (Å²) in [6, 6.07) is 5.50. The van der Waals surface area contributed by atoms with Gasteiger partial charge in [-0.2, -0.15) is 5.10 Å². The highest BCUT2D eigenvalue weighted by atomic mass is 16.5. The van der Waals surface area contributed by atoms with E-state index in [4.69, 9.17) is 4.74 Å². The van der Waals surface area contributed by atoms with E-state index in [0.717, 1.165) is 17.9 Å². The molecule has 2 heterocycles. The number of hydrogen-bond donors (Lipinski definition) is 2. The normalized spacial score (nSPS) is 13.1. The van der Waals surface area contributed by atoms with Crippen LogP contribution in [0.25, 0.3) is 0 Å². The van der Waals surface area contributed by atoms with Crippen LogP contribution in [-0.2, 0) is 7.05 Å². The summed E-state index contributed by atoms with van der Waals surface area (Å²) in [6.45, 7) is 3.16. The first kappa shape index (κ1) is 12.5. The molecule has 6 heteroatoms. The van der Waals surface area contributed by atoms with Gasteiger partial charge in [0, 0.05) is 19.8 Å². The molecule has 0 bridgehead atoms. The van der Waals surface area contributed by atoms with Crippen LogP contribution < -0.4 is 15.4 Å². The van der Waals surface area contributed by atoms with Crippen molar-refractivity contribution in [3.63, 3.8) is 0 Å². The minimum atomic E-state index is -0.193. The number of carbonyl (C=O) groups excluding carboxylic acids is 1. The summed E-state index contributed by atoms with van der Waals surface area (Å²) in [5.41, 5.74) is 2.87. The van der Waals surface area contributed by atoms with Gasteiger partial charge in [-0.05, 0) is 19.1 Å². The van der Waals surface area contributed by atoms with Gasteiger partial charge in [-0.15, -0.1) is 0 Å². The number of amides is 1. The number of aryl methyl sites for hydroxylation is 2. The second-order valence-electron chi connectivity index (χ2n) is 4.71. The molecule has 0 fully saturated rings. The van der Waals surface area contributed by atoms with Gasteiger partial charge in [-0.3, -0.25) is 9.48 Å². The topological polar surface area (TPSA) is 68.2 Å². The van der Waals surface area contributed by atoms with Crippen LogP contribution in [-0.4, -0.2) is 28.8 Å². The second-order valence-corrected chi connectivity index (χ2v) is 4.71. The minimum Gasteiger partial charge on any atom is -0.489 e. The smallest absolute Gasteiger partial charge is 0.259 e. The molecule has 2 aromatic rings. The maximum atomic E-state index is 12.4. The summed E-state index contributed by atoms with van der Waals surface area (Å²) in [6.07, 6.45) is 1.78. The van der Waals surface area contributed by atoms with Crippen molar-refractivity contribution in [2.24, 2.45) is 7.05 Å². The van der Waals surface area contributed by atoms with Gasteiger partial charge in [0.1, 0.15) is 6.61 Å². The Morgan fingerprint density at radius 2 is 2.35 bits per heavy atom. The summed E-state index contributed by atoms with van der Waals surface area (Å²) in [5, 5.41) is 10.3. The van der Waals surface area contributed by atoms with Crippen LogP contribution in [0.15, 0.2) is 24.4 Å². The molecule has 1 aliphatic rings. The molecule has 0 saturated heterocycles. The van der Waals surface area contributed by atoms with Gasteiger partial charge >= 0.3 is 0 Å². The lowest BCUT2D eigenvalue weighted by Crippen LogP contribution is -2.22. The Balaban J connectivity index is 1.89. The predicted molar refractivity (Wildman–Crippen MR) is 76.3 cm³/mol. The van der Waals surface area contributed by atoms with E-state index in [1.54, 1.807) is 16.9 Å². The van der Waals surface area contributed by atoms with Crippen molar-refractivity contribution < 1.29 is 9.53 Å². The fourth-order valence-corrected chi connectivity index (χ4v) is 2.26. The number of hydrogen-bond acceptors (Lipinski definition) is 4. The average Bonchev–Trinajstić information content (AvgIpc) is 2.76. The molecule has 3 rings (SSSR count). The first-order chi connectivity index (χ1) is 9.65. The summed E-state index contributed by atoms with van der Waals surface area (Å²) in [4.78, 5) is 12.4. The van der Waals surface area contributed by atoms with Crippen molar-refractivity contribution in [1.82, 2.24) is 9.78 Å². The SMILES string of the molecule is Cc1nn(C)cc1NC(=O)c1cccc2c1OCCN2. The molecule has 6 nitrogen and oxygen atoms in total. The number of ether oxygens (including phenoxy) is 1. The highest BCUT2D eigenvalue weighted by Crippen LogP contribution is 2.31. The van der Waals surface area contributed by atoms with Crippen LogP contribution >= 0.6 is 0 Å².